The number of nitrogens with zero attached hydrogens (tertiary/aromatic N) is 2. The van der Waals surface area contributed by atoms with Crippen LogP contribution in [0.4, 0.5) is 0 Å². The second-order valence-corrected chi connectivity index (χ2v) is 2.90. The Bertz CT molecular complexity index is 219. The Morgan fingerprint density at radius 1 is 1.60 bits per heavy atom. The highest BCUT2D eigenvalue weighted by Crippen LogP contribution is 2.19. The molecule has 1 heterocycles. The molecule has 0 saturated heterocycles. The Kier molecular flexibility index (Phi) is 2.63. The first kappa shape index (κ1) is 7.95. The number of halogens is 2. The zero-order valence-corrected chi connectivity index (χ0v) is 7.78. The van der Waals surface area contributed by atoms with E-state index in [0.29, 0.717) is 5.15 Å². The fraction of sp³-hybridized carbons (Fsp3) is 0.333. The highest BCUT2D eigenvalue weighted by atomic mass is 79.9. The predicted molar refractivity (Wildman–Crippen MR) is 44.1 cm³/mol. The maximum atomic E-state index is 5.75. The fourth-order valence-electron chi connectivity index (χ4n) is 0.663. The smallest absolute Gasteiger partial charge is 0.136 e. The van der Waals surface area contributed by atoms with Crippen LogP contribution in [0, 0.1) is 0 Å². The van der Waals surface area contributed by atoms with Crippen molar-refractivity contribution in [2.75, 3.05) is 0 Å². The minimum Gasteiger partial charge on any atom is -0.229 e. The third kappa shape index (κ3) is 1.47. The molecule has 0 aliphatic rings. The molecule has 0 bridgehead atoms. The van der Waals surface area contributed by atoms with Crippen molar-refractivity contribution in [2.45, 2.75) is 13.3 Å². The molecule has 10 heavy (non-hydrogen) atoms. The number of aromatic nitrogens is 2. The Morgan fingerprint density at radius 3 is 2.70 bits per heavy atom. The lowest BCUT2D eigenvalue weighted by molar-refractivity contribution is 1.02. The van der Waals surface area contributed by atoms with Crippen molar-refractivity contribution in [3.63, 3.8) is 0 Å². The van der Waals surface area contributed by atoms with Crippen LogP contribution in [0.2, 0.25) is 5.15 Å². The number of rotatable bonds is 1. The molecule has 0 spiro atoms. The lowest BCUT2D eigenvalue weighted by atomic mass is 10.3. The number of hydrogen-bond acceptors (Lipinski definition) is 2. The van der Waals surface area contributed by atoms with E-state index in [0.717, 1.165) is 16.6 Å². The molecule has 0 aliphatic heterocycles. The van der Waals surface area contributed by atoms with E-state index in [1.165, 1.54) is 6.33 Å². The number of hydrogen-bond donors (Lipinski definition) is 0. The Labute approximate surface area is 72.8 Å². The van der Waals surface area contributed by atoms with E-state index in [1.807, 2.05) is 6.92 Å². The van der Waals surface area contributed by atoms with Gasteiger partial charge in [0.1, 0.15) is 16.1 Å². The van der Waals surface area contributed by atoms with Gasteiger partial charge in [0.2, 0.25) is 0 Å². The van der Waals surface area contributed by atoms with Gasteiger partial charge in [0, 0.05) is 5.56 Å². The zero-order chi connectivity index (χ0) is 7.56. The highest BCUT2D eigenvalue weighted by molar-refractivity contribution is 9.10. The summed E-state index contributed by atoms with van der Waals surface area (Å²) in [4.78, 5) is 7.77. The summed E-state index contributed by atoms with van der Waals surface area (Å²) in [6, 6.07) is 0. The van der Waals surface area contributed by atoms with Crippen LogP contribution in [0.15, 0.2) is 10.9 Å². The summed E-state index contributed by atoms with van der Waals surface area (Å²) >= 11 is 9.02. The Balaban J connectivity index is 3.17. The van der Waals surface area contributed by atoms with E-state index in [1.54, 1.807) is 0 Å². The summed E-state index contributed by atoms with van der Waals surface area (Å²) in [5.41, 5.74) is 0.962. The van der Waals surface area contributed by atoms with Crippen LogP contribution in [0.25, 0.3) is 0 Å². The van der Waals surface area contributed by atoms with Crippen molar-refractivity contribution in [3.05, 3.63) is 21.6 Å². The maximum Gasteiger partial charge on any atom is 0.136 e. The molecule has 1 rings (SSSR count). The molecule has 2 nitrogen and oxygen atoms in total. The summed E-state index contributed by atoms with van der Waals surface area (Å²) in [6.45, 7) is 2.01. The summed E-state index contributed by atoms with van der Waals surface area (Å²) in [5.74, 6) is 0. The molecule has 0 fully saturated rings. The van der Waals surface area contributed by atoms with Crippen molar-refractivity contribution >= 4 is 27.5 Å². The van der Waals surface area contributed by atoms with Gasteiger partial charge < -0.3 is 0 Å². The summed E-state index contributed by atoms with van der Waals surface area (Å²) in [6.07, 6.45) is 2.28. The summed E-state index contributed by atoms with van der Waals surface area (Å²) in [5, 5.41) is 0.532. The topological polar surface area (TPSA) is 25.8 Å². The van der Waals surface area contributed by atoms with Gasteiger partial charge in [0.05, 0.1) is 0 Å². The zero-order valence-electron chi connectivity index (χ0n) is 5.43. The minimum absolute atomic E-state index is 0.532. The van der Waals surface area contributed by atoms with E-state index in [-0.39, 0.29) is 0 Å². The van der Waals surface area contributed by atoms with Crippen molar-refractivity contribution in [2.24, 2.45) is 0 Å². The van der Waals surface area contributed by atoms with Gasteiger partial charge in [-0.15, -0.1) is 0 Å². The SMILES string of the molecule is CCc1c(Cl)ncnc1Br. The average Bonchev–Trinajstić information content (AvgIpc) is 1.88. The standard InChI is InChI=1S/C6H6BrClN2/c1-2-4-5(7)9-3-10-6(4)8/h3H,2H2,1H3. The van der Waals surface area contributed by atoms with Crippen LogP contribution in [0.3, 0.4) is 0 Å². The van der Waals surface area contributed by atoms with Gasteiger partial charge in [0.25, 0.3) is 0 Å². The Morgan fingerprint density at radius 2 is 2.30 bits per heavy atom. The molecule has 54 valence electrons. The van der Waals surface area contributed by atoms with Gasteiger partial charge in [-0.3, -0.25) is 0 Å². The molecule has 0 atom stereocenters. The molecule has 4 heteroatoms. The van der Waals surface area contributed by atoms with Crippen LogP contribution in [0.5, 0.6) is 0 Å². The molecule has 1 aromatic heterocycles. The lowest BCUT2D eigenvalue weighted by Gasteiger charge is -1.99. The fourth-order valence-corrected chi connectivity index (χ4v) is 1.60. The van der Waals surface area contributed by atoms with E-state index >= 15 is 0 Å². The van der Waals surface area contributed by atoms with Crippen molar-refractivity contribution in [1.29, 1.82) is 0 Å². The Hall–Kier alpha value is -0.150. The molecular weight excluding hydrogens is 215 g/mol. The van der Waals surface area contributed by atoms with Crippen LogP contribution in [-0.2, 0) is 6.42 Å². The lowest BCUT2D eigenvalue weighted by Crippen LogP contribution is -1.90. The molecule has 0 unspecified atom stereocenters. The van der Waals surface area contributed by atoms with Gasteiger partial charge in [-0.1, -0.05) is 18.5 Å². The normalized spacial score (nSPS) is 9.90. The maximum absolute atomic E-state index is 5.75. The summed E-state index contributed by atoms with van der Waals surface area (Å²) in [7, 11) is 0. The predicted octanol–water partition coefficient (Wildman–Crippen LogP) is 2.45. The third-order valence-electron chi connectivity index (χ3n) is 1.19. The second-order valence-electron chi connectivity index (χ2n) is 1.79. The molecule has 0 saturated carbocycles. The molecule has 0 aliphatic carbocycles. The van der Waals surface area contributed by atoms with Crippen molar-refractivity contribution in [1.82, 2.24) is 9.97 Å². The van der Waals surface area contributed by atoms with E-state index < -0.39 is 0 Å². The average molecular weight is 221 g/mol. The highest BCUT2D eigenvalue weighted by Gasteiger charge is 2.03. The largest absolute Gasteiger partial charge is 0.229 e. The van der Waals surface area contributed by atoms with Gasteiger partial charge >= 0.3 is 0 Å². The van der Waals surface area contributed by atoms with Gasteiger partial charge in [-0.2, -0.15) is 0 Å². The first-order chi connectivity index (χ1) is 4.75. The molecule has 0 aromatic carbocycles. The van der Waals surface area contributed by atoms with E-state index in [4.69, 9.17) is 11.6 Å². The minimum atomic E-state index is 0.532. The van der Waals surface area contributed by atoms with Crippen molar-refractivity contribution < 1.29 is 0 Å². The van der Waals surface area contributed by atoms with Crippen LogP contribution in [-0.4, -0.2) is 9.97 Å². The molecule has 0 N–H and O–H groups in total. The van der Waals surface area contributed by atoms with Crippen LogP contribution in [0.1, 0.15) is 12.5 Å². The van der Waals surface area contributed by atoms with E-state index in [2.05, 4.69) is 25.9 Å². The van der Waals surface area contributed by atoms with Crippen molar-refractivity contribution in [3.8, 4) is 0 Å². The first-order valence-corrected chi connectivity index (χ1v) is 4.07. The molecule has 1 aromatic rings. The monoisotopic (exact) mass is 220 g/mol. The van der Waals surface area contributed by atoms with Gasteiger partial charge in [-0.05, 0) is 22.4 Å². The van der Waals surface area contributed by atoms with Crippen LogP contribution >= 0.6 is 27.5 Å². The van der Waals surface area contributed by atoms with Gasteiger partial charge in [-0.25, -0.2) is 9.97 Å². The van der Waals surface area contributed by atoms with Crippen LogP contribution < -0.4 is 0 Å². The molecule has 0 radical (unpaired) electrons. The quantitative estimate of drug-likeness (QED) is 0.681. The third-order valence-corrected chi connectivity index (χ3v) is 2.20. The molecular formula is C6H6BrClN2. The summed E-state index contributed by atoms with van der Waals surface area (Å²) < 4.78 is 0.787. The van der Waals surface area contributed by atoms with E-state index in [9.17, 15) is 0 Å². The molecule has 0 amide bonds. The first-order valence-electron chi connectivity index (χ1n) is 2.90. The van der Waals surface area contributed by atoms with Gasteiger partial charge in [0.15, 0.2) is 0 Å². The second kappa shape index (κ2) is 3.30.